The highest BCUT2D eigenvalue weighted by Crippen LogP contribution is 2.17. The Morgan fingerprint density at radius 1 is 1.38 bits per heavy atom. The average molecular weight is 291 g/mol. The molecule has 118 valence electrons. The van der Waals surface area contributed by atoms with Crippen LogP contribution in [0.3, 0.4) is 0 Å². The van der Waals surface area contributed by atoms with Gasteiger partial charge in [-0.2, -0.15) is 0 Å². The Morgan fingerprint density at radius 3 is 2.90 bits per heavy atom. The molecular weight excluding hydrogens is 262 g/mol. The van der Waals surface area contributed by atoms with E-state index in [1.165, 1.54) is 12.0 Å². The second kappa shape index (κ2) is 8.47. The lowest BCUT2D eigenvalue weighted by atomic mass is 10.1. The number of ether oxygens (including phenoxy) is 1. The monoisotopic (exact) mass is 291 g/mol. The fourth-order valence-electron chi connectivity index (χ4n) is 2.75. The topological polar surface area (TPSA) is 37.4 Å². The van der Waals surface area contributed by atoms with Crippen molar-refractivity contribution >= 4 is 0 Å². The smallest absolute Gasteiger partial charge is 0.0674 e. The van der Waals surface area contributed by atoms with Gasteiger partial charge in [0.2, 0.25) is 0 Å². The number of morpholine rings is 1. The molecule has 2 heterocycles. The van der Waals surface area contributed by atoms with Gasteiger partial charge in [-0.3, -0.25) is 9.88 Å². The van der Waals surface area contributed by atoms with Gasteiger partial charge in [0, 0.05) is 31.9 Å². The van der Waals surface area contributed by atoms with E-state index in [-0.39, 0.29) is 0 Å². The Balaban J connectivity index is 1.89. The summed E-state index contributed by atoms with van der Waals surface area (Å²) < 4.78 is 5.75. The van der Waals surface area contributed by atoms with Crippen molar-refractivity contribution in [1.82, 2.24) is 15.2 Å². The van der Waals surface area contributed by atoms with Gasteiger partial charge in [-0.1, -0.05) is 19.9 Å². The second-order valence-electron chi connectivity index (χ2n) is 5.97. The van der Waals surface area contributed by atoms with Crippen LogP contribution in [-0.2, 0) is 17.8 Å². The van der Waals surface area contributed by atoms with Crippen molar-refractivity contribution in [1.29, 1.82) is 0 Å². The predicted octanol–water partition coefficient (Wildman–Crippen LogP) is 2.58. The van der Waals surface area contributed by atoms with E-state index in [0.717, 1.165) is 44.9 Å². The van der Waals surface area contributed by atoms with Crippen LogP contribution in [0.15, 0.2) is 18.3 Å². The Morgan fingerprint density at radius 2 is 2.24 bits per heavy atom. The molecule has 21 heavy (non-hydrogen) atoms. The number of hydrogen-bond donors (Lipinski definition) is 1. The summed E-state index contributed by atoms with van der Waals surface area (Å²) in [4.78, 5) is 7.13. The van der Waals surface area contributed by atoms with Crippen molar-refractivity contribution in [2.24, 2.45) is 0 Å². The lowest BCUT2D eigenvalue weighted by molar-refractivity contribution is -0.0595. The number of pyridine rings is 1. The first-order chi connectivity index (χ1) is 10.2. The molecule has 4 nitrogen and oxygen atoms in total. The number of nitrogens with one attached hydrogen (secondary N) is 1. The van der Waals surface area contributed by atoms with Gasteiger partial charge in [-0.25, -0.2) is 0 Å². The number of aromatic nitrogens is 1. The molecule has 1 aromatic heterocycles. The van der Waals surface area contributed by atoms with Crippen LogP contribution < -0.4 is 5.32 Å². The maximum absolute atomic E-state index is 5.75. The molecular formula is C17H29N3O. The van der Waals surface area contributed by atoms with Gasteiger partial charge in [-0.15, -0.1) is 0 Å². The fraction of sp³-hybridized carbons (Fsp3) is 0.706. The van der Waals surface area contributed by atoms with Gasteiger partial charge < -0.3 is 10.1 Å². The summed E-state index contributed by atoms with van der Waals surface area (Å²) in [6, 6.07) is 4.87. The molecule has 0 amide bonds. The van der Waals surface area contributed by atoms with Crippen molar-refractivity contribution in [3.05, 3.63) is 29.6 Å². The minimum Gasteiger partial charge on any atom is -0.376 e. The third-order valence-electron chi connectivity index (χ3n) is 4.06. The highest BCUT2D eigenvalue weighted by molar-refractivity contribution is 5.14. The molecule has 1 aliphatic rings. The Kier molecular flexibility index (Phi) is 6.61. The molecule has 0 spiro atoms. The van der Waals surface area contributed by atoms with E-state index in [2.05, 4.69) is 48.1 Å². The van der Waals surface area contributed by atoms with Crippen molar-refractivity contribution in [2.75, 3.05) is 19.7 Å². The molecule has 0 bridgehead atoms. The number of rotatable bonds is 7. The van der Waals surface area contributed by atoms with Crippen LogP contribution in [0.4, 0.5) is 0 Å². The van der Waals surface area contributed by atoms with Crippen molar-refractivity contribution in [3.8, 4) is 0 Å². The van der Waals surface area contributed by atoms with E-state index in [9.17, 15) is 0 Å². The summed E-state index contributed by atoms with van der Waals surface area (Å²) in [7, 11) is 0. The van der Waals surface area contributed by atoms with Crippen LogP contribution in [-0.4, -0.2) is 41.7 Å². The Bertz CT molecular complexity index is 407. The van der Waals surface area contributed by atoms with Crippen molar-refractivity contribution < 1.29 is 4.74 Å². The molecule has 0 saturated carbocycles. The van der Waals surface area contributed by atoms with Crippen molar-refractivity contribution in [3.63, 3.8) is 0 Å². The third kappa shape index (κ3) is 5.06. The second-order valence-corrected chi connectivity index (χ2v) is 5.97. The van der Waals surface area contributed by atoms with Gasteiger partial charge >= 0.3 is 0 Å². The molecule has 1 aromatic rings. The summed E-state index contributed by atoms with van der Waals surface area (Å²) in [5.41, 5.74) is 2.41. The van der Waals surface area contributed by atoms with E-state index in [1.54, 1.807) is 0 Å². The van der Waals surface area contributed by atoms with Gasteiger partial charge in [0.1, 0.15) is 0 Å². The first kappa shape index (κ1) is 16.4. The van der Waals surface area contributed by atoms with E-state index < -0.39 is 0 Å². The van der Waals surface area contributed by atoms with Crippen LogP contribution in [0.25, 0.3) is 0 Å². The standard InChI is InChI=1S/C17H29N3O/c1-4-8-18-9-15-6-7-16(19-10-15)12-20-11-14(3)21-13-17(20)5-2/h6-7,10,14,17-18H,4-5,8-9,11-13H2,1-3H3. The largest absolute Gasteiger partial charge is 0.376 e. The summed E-state index contributed by atoms with van der Waals surface area (Å²) >= 11 is 0. The SMILES string of the molecule is CCCNCc1ccc(CN2CC(C)OCC2CC)nc1. The van der Waals surface area contributed by atoms with Crippen LogP contribution in [0.1, 0.15) is 44.9 Å². The molecule has 1 aliphatic heterocycles. The zero-order chi connectivity index (χ0) is 15.1. The van der Waals surface area contributed by atoms with Gasteiger partial charge in [0.25, 0.3) is 0 Å². The Hall–Kier alpha value is -0.970. The fourth-order valence-corrected chi connectivity index (χ4v) is 2.75. The van der Waals surface area contributed by atoms with Crippen LogP contribution in [0, 0.1) is 0 Å². The first-order valence-electron chi connectivity index (χ1n) is 8.23. The van der Waals surface area contributed by atoms with E-state index in [1.807, 2.05) is 6.20 Å². The maximum atomic E-state index is 5.75. The molecule has 2 unspecified atom stereocenters. The average Bonchev–Trinajstić information content (AvgIpc) is 2.50. The summed E-state index contributed by atoms with van der Waals surface area (Å²) in [5.74, 6) is 0. The minimum absolute atomic E-state index is 0.324. The van der Waals surface area contributed by atoms with Crippen LogP contribution in [0.2, 0.25) is 0 Å². The quantitative estimate of drug-likeness (QED) is 0.784. The van der Waals surface area contributed by atoms with E-state index >= 15 is 0 Å². The van der Waals surface area contributed by atoms with Gasteiger partial charge in [0.05, 0.1) is 18.4 Å². The Labute approximate surface area is 128 Å². The lowest BCUT2D eigenvalue weighted by Crippen LogP contribution is -2.47. The predicted molar refractivity (Wildman–Crippen MR) is 86.1 cm³/mol. The molecule has 0 aliphatic carbocycles. The summed E-state index contributed by atoms with van der Waals surface area (Å²) in [5, 5.41) is 3.41. The van der Waals surface area contributed by atoms with E-state index in [4.69, 9.17) is 4.74 Å². The van der Waals surface area contributed by atoms with Crippen LogP contribution in [0.5, 0.6) is 0 Å². The highest BCUT2D eigenvalue weighted by atomic mass is 16.5. The first-order valence-corrected chi connectivity index (χ1v) is 8.23. The maximum Gasteiger partial charge on any atom is 0.0674 e. The zero-order valence-corrected chi connectivity index (χ0v) is 13.6. The number of nitrogens with zero attached hydrogens (tertiary/aromatic N) is 2. The molecule has 1 N–H and O–H groups in total. The zero-order valence-electron chi connectivity index (χ0n) is 13.6. The molecule has 1 fully saturated rings. The molecule has 2 rings (SSSR count). The summed E-state index contributed by atoms with van der Waals surface area (Å²) in [6.45, 7) is 11.3. The molecule has 4 heteroatoms. The minimum atomic E-state index is 0.324. The number of hydrogen-bond acceptors (Lipinski definition) is 4. The molecule has 1 saturated heterocycles. The van der Waals surface area contributed by atoms with Gasteiger partial charge in [-0.05, 0) is 37.9 Å². The van der Waals surface area contributed by atoms with E-state index in [0.29, 0.717) is 12.1 Å². The molecule has 0 aromatic carbocycles. The van der Waals surface area contributed by atoms with Crippen LogP contribution >= 0.6 is 0 Å². The molecule has 0 radical (unpaired) electrons. The lowest BCUT2D eigenvalue weighted by Gasteiger charge is -2.38. The van der Waals surface area contributed by atoms with Crippen molar-refractivity contribution in [2.45, 2.75) is 58.8 Å². The van der Waals surface area contributed by atoms with Gasteiger partial charge in [0.15, 0.2) is 0 Å². The molecule has 2 atom stereocenters. The summed E-state index contributed by atoms with van der Waals surface area (Å²) in [6.07, 6.45) is 4.62. The normalized spacial score (nSPS) is 23.4. The third-order valence-corrected chi connectivity index (χ3v) is 4.06. The highest BCUT2D eigenvalue weighted by Gasteiger charge is 2.25.